The van der Waals surface area contributed by atoms with Crippen LogP contribution >= 0.6 is 0 Å². The van der Waals surface area contributed by atoms with Crippen molar-refractivity contribution < 1.29 is 9.20 Å². The number of aromatic amines is 1. The minimum atomic E-state index is 0.689. The quantitative estimate of drug-likeness (QED) is 0.557. The van der Waals surface area contributed by atoms with E-state index in [1.165, 1.54) is 0 Å². The molecule has 0 fully saturated rings. The van der Waals surface area contributed by atoms with Gasteiger partial charge in [-0.25, -0.2) is 9.38 Å². The van der Waals surface area contributed by atoms with Crippen LogP contribution in [-0.2, 0) is 0 Å². The predicted molar refractivity (Wildman–Crippen MR) is 53.7 cm³/mol. The molecular weight excluding hydrogens is 178 g/mol. The molecule has 0 saturated carbocycles. The Morgan fingerprint density at radius 3 is 2.93 bits per heavy atom. The summed E-state index contributed by atoms with van der Waals surface area (Å²) in [5.41, 5.74) is 1.67. The van der Waals surface area contributed by atoms with Gasteiger partial charge >= 0.3 is 5.95 Å². The van der Waals surface area contributed by atoms with Crippen molar-refractivity contribution in [2.45, 2.75) is 0 Å². The van der Waals surface area contributed by atoms with Crippen LogP contribution in [-0.4, -0.2) is 25.4 Å². The summed E-state index contributed by atoms with van der Waals surface area (Å²) >= 11 is 0. The van der Waals surface area contributed by atoms with Crippen LogP contribution in [0.3, 0.4) is 0 Å². The van der Waals surface area contributed by atoms with Crippen molar-refractivity contribution in [3.8, 4) is 0 Å². The van der Waals surface area contributed by atoms with Gasteiger partial charge in [-0.3, -0.25) is 9.69 Å². The van der Waals surface area contributed by atoms with Crippen molar-refractivity contribution in [3.05, 3.63) is 30.1 Å². The SMILES string of the molecule is CN(C)c1[nH]cc2cc(C=O)cc[n+]12. The van der Waals surface area contributed by atoms with Gasteiger partial charge in [-0.1, -0.05) is 0 Å². The molecule has 2 heterocycles. The lowest BCUT2D eigenvalue weighted by Gasteiger charge is -2.01. The number of aromatic nitrogens is 2. The van der Waals surface area contributed by atoms with Crippen molar-refractivity contribution in [2.75, 3.05) is 19.0 Å². The lowest BCUT2D eigenvalue weighted by Crippen LogP contribution is -2.28. The van der Waals surface area contributed by atoms with E-state index < -0.39 is 0 Å². The zero-order chi connectivity index (χ0) is 10.1. The van der Waals surface area contributed by atoms with E-state index in [1.807, 2.05) is 41.9 Å². The van der Waals surface area contributed by atoms with Gasteiger partial charge in [0.05, 0.1) is 20.3 Å². The Kier molecular flexibility index (Phi) is 1.96. The molecule has 0 amide bonds. The van der Waals surface area contributed by atoms with Gasteiger partial charge in [0, 0.05) is 5.56 Å². The summed E-state index contributed by atoms with van der Waals surface area (Å²) in [5, 5.41) is 0. The Morgan fingerprint density at radius 1 is 1.50 bits per heavy atom. The van der Waals surface area contributed by atoms with E-state index in [-0.39, 0.29) is 0 Å². The van der Waals surface area contributed by atoms with E-state index >= 15 is 0 Å². The lowest BCUT2D eigenvalue weighted by atomic mass is 10.3. The van der Waals surface area contributed by atoms with Crippen LogP contribution < -0.4 is 9.30 Å². The largest absolute Gasteiger partial charge is 0.361 e. The van der Waals surface area contributed by atoms with Gasteiger partial charge in [-0.15, -0.1) is 0 Å². The van der Waals surface area contributed by atoms with E-state index in [4.69, 9.17) is 0 Å². The third-order valence-corrected chi connectivity index (χ3v) is 2.15. The number of nitrogens with one attached hydrogen (secondary N) is 1. The zero-order valence-electron chi connectivity index (χ0n) is 8.19. The predicted octanol–water partition coefficient (Wildman–Crippen LogP) is 0.632. The Labute approximate surface area is 81.8 Å². The topological polar surface area (TPSA) is 40.2 Å². The van der Waals surface area contributed by atoms with E-state index in [1.54, 1.807) is 6.07 Å². The number of nitrogens with zero attached hydrogens (tertiary/aromatic N) is 2. The first-order valence-electron chi connectivity index (χ1n) is 4.37. The maximum Gasteiger partial charge on any atom is 0.361 e. The fourth-order valence-electron chi connectivity index (χ4n) is 1.47. The number of carbonyl (C=O) groups is 1. The number of carbonyl (C=O) groups excluding carboxylic acids is 1. The van der Waals surface area contributed by atoms with Crippen molar-refractivity contribution in [2.24, 2.45) is 0 Å². The molecule has 0 aliphatic rings. The normalized spacial score (nSPS) is 10.4. The molecule has 0 aromatic carbocycles. The smallest absolute Gasteiger partial charge is 0.298 e. The van der Waals surface area contributed by atoms with Crippen LogP contribution in [0, 0.1) is 0 Å². The molecule has 4 nitrogen and oxygen atoms in total. The van der Waals surface area contributed by atoms with Gasteiger partial charge in [0.15, 0.2) is 0 Å². The third kappa shape index (κ3) is 1.25. The van der Waals surface area contributed by atoms with Gasteiger partial charge in [0.2, 0.25) is 0 Å². The molecule has 2 aromatic heterocycles. The van der Waals surface area contributed by atoms with E-state index in [2.05, 4.69) is 4.98 Å². The Balaban J connectivity index is 2.65. The highest BCUT2D eigenvalue weighted by atomic mass is 16.1. The summed E-state index contributed by atoms with van der Waals surface area (Å²) in [6.45, 7) is 0. The van der Waals surface area contributed by atoms with Gasteiger partial charge < -0.3 is 0 Å². The fourth-order valence-corrected chi connectivity index (χ4v) is 1.47. The van der Waals surface area contributed by atoms with Crippen LogP contribution in [0.25, 0.3) is 5.52 Å². The first kappa shape index (κ1) is 8.74. The monoisotopic (exact) mass is 190 g/mol. The minimum absolute atomic E-state index is 0.689. The minimum Gasteiger partial charge on any atom is -0.298 e. The average Bonchev–Trinajstić information content (AvgIpc) is 2.59. The number of imidazole rings is 1. The highest BCUT2D eigenvalue weighted by Gasteiger charge is 2.11. The molecule has 0 aliphatic heterocycles. The number of rotatable bonds is 2. The standard InChI is InChI=1S/C10H11N3O/c1-12(2)10-11-6-9-5-8(7-14)3-4-13(9)10/h3-7H,1-2H3/p+1. The van der Waals surface area contributed by atoms with Crippen LogP contribution in [0.5, 0.6) is 0 Å². The summed E-state index contributed by atoms with van der Waals surface area (Å²) in [4.78, 5) is 15.7. The van der Waals surface area contributed by atoms with Crippen LogP contribution in [0.2, 0.25) is 0 Å². The number of H-pyrrole nitrogens is 1. The molecule has 0 atom stereocenters. The molecule has 0 saturated heterocycles. The number of hydrogen-bond donors (Lipinski definition) is 1. The van der Waals surface area contributed by atoms with Crippen molar-refractivity contribution in [1.82, 2.24) is 4.98 Å². The highest BCUT2D eigenvalue weighted by Crippen LogP contribution is 2.05. The maximum absolute atomic E-state index is 10.6. The fraction of sp³-hybridized carbons (Fsp3) is 0.200. The summed E-state index contributed by atoms with van der Waals surface area (Å²) < 4.78 is 1.99. The molecule has 2 rings (SSSR count). The summed E-state index contributed by atoms with van der Waals surface area (Å²) in [7, 11) is 3.93. The highest BCUT2D eigenvalue weighted by molar-refractivity contribution is 5.76. The molecule has 1 N–H and O–H groups in total. The first-order valence-corrected chi connectivity index (χ1v) is 4.37. The third-order valence-electron chi connectivity index (χ3n) is 2.15. The van der Waals surface area contributed by atoms with Gasteiger partial charge in [-0.05, 0) is 12.1 Å². The first-order chi connectivity index (χ1) is 6.72. The zero-order valence-corrected chi connectivity index (χ0v) is 8.19. The van der Waals surface area contributed by atoms with E-state index in [0.29, 0.717) is 5.56 Å². The molecule has 14 heavy (non-hydrogen) atoms. The number of pyridine rings is 1. The van der Waals surface area contributed by atoms with Gasteiger partial charge in [-0.2, -0.15) is 0 Å². The second kappa shape index (κ2) is 3.14. The molecule has 0 unspecified atom stereocenters. The molecule has 0 bridgehead atoms. The van der Waals surface area contributed by atoms with Gasteiger partial charge in [0.25, 0.3) is 0 Å². The Morgan fingerprint density at radius 2 is 2.29 bits per heavy atom. The second-order valence-corrected chi connectivity index (χ2v) is 3.38. The van der Waals surface area contributed by atoms with Crippen molar-refractivity contribution >= 4 is 17.8 Å². The van der Waals surface area contributed by atoms with Crippen LogP contribution in [0.15, 0.2) is 24.5 Å². The average molecular weight is 190 g/mol. The Bertz CT molecular complexity index is 473. The Hall–Kier alpha value is -1.84. The van der Waals surface area contributed by atoms with Crippen molar-refractivity contribution in [1.29, 1.82) is 0 Å². The summed E-state index contributed by atoms with van der Waals surface area (Å²) in [6.07, 6.45) is 4.61. The van der Waals surface area contributed by atoms with E-state index in [0.717, 1.165) is 17.8 Å². The lowest BCUT2D eigenvalue weighted by molar-refractivity contribution is -0.497. The van der Waals surface area contributed by atoms with Crippen LogP contribution in [0.4, 0.5) is 5.95 Å². The molecule has 72 valence electrons. The molecule has 4 heteroatoms. The van der Waals surface area contributed by atoms with E-state index in [9.17, 15) is 4.79 Å². The molecule has 2 aromatic rings. The molecule has 0 radical (unpaired) electrons. The summed E-state index contributed by atoms with van der Waals surface area (Å²) in [6, 6.07) is 3.64. The molecule has 0 spiro atoms. The van der Waals surface area contributed by atoms with Gasteiger partial charge in [0.1, 0.15) is 18.0 Å². The molecule has 0 aliphatic carbocycles. The van der Waals surface area contributed by atoms with Crippen molar-refractivity contribution in [3.63, 3.8) is 0 Å². The molecular formula is C10H12N3O+. The van der Waals surface area contributed by atoms with Crippen LogP contribution in [0.1, 0.15) is 10.4 Å². The number of anilines is 1. The second-order valence-electron chi connectivity index (χ2n) is 3.38. The number of hydrogen-bond acceptors (Lipinski definition) is 2. The number of fused-ring (bicyclic) bond motifs is 1. The maximum atomic E-state index is 10.6. The number of aldehydes is 1. The summed E-state index contributed by atoms with van der Waals surface area (Å²) in [5.74, 6) is 0.984.